The van der Waals surface area contributed by atoms with E-state index < -0.39 is 22.0 Å². The van der Waals surface area contributed by atoms with Gasteiger partial charge in [0.2, 0.25) is 0 Å². The van der Waals surface area contributed by atoms with Gasteiger partial charge in [-0.15, -0.1) is 0 Å². The summed E-state index contributed by atoms with van der Waals surface area (Å²) in [6.07, 6.45) is 3.95. The van der Waals surface area contributed by atoms with Gasteiger partial charge in [0, 0.05) is 30.2 Å². The fourth-order valence-electron chi connectivity index (χ4n) is 4.56. The van der Waals surface area contributed by atoms with Gasteiger partial charge < -0.3 is 10.2 Å². The Kier molecular flexibility index (Phi) is 4.50. The topological polar surface area (TPSA) is 86.8 Å². The molecule has 7 nitrogen and oxygen atoms in total. The van der Waals surface area contributed by atoms with Crippen molar-refractivity contribution in [1.82, 2.24) is 14.5 Å². The zero-order valence-electron chi connectivity index (χ0n) is 15.6. The molecule has 2 atom stereocenters. The van der Waals surface area contributed by atoms with E-state index in [2.05, 4.69) is 5.32 Å². The Balaban J connectivity index is 1.72. The second-order valence-corrected chi connectivity index (χ2v) is 9.64. The molecule has 0 aliphatic carbocycles. The molecule has 1 N–H and O–H groups in total. The normalized spacial score (nSPS) is 26.9. The average Bonchev–Trinajstić information content (AvgIpc) is 2.74. The smallest absolute Gasteiger partial charge is 0.269 e. The molecule has 27 heavy (non-hydrogen) atoms. The average molecular weight is 391 g/mol. The molecule has 146 valence electrons. The molecule has 3 aliphatic rings. The second kappa shape index (κ2) is 6.60. The van der Waals surface area contributed by atoms with E-state index in [0.29, 0.717) is 5.56 Å². The summed E-state index contributed by atoms with van der Waals surface area (Å²) in [5.74, 6) is -0.656. The predicted octanol–water partition coefficient (Wildman–Crippen LogP) is 1.60. The molecule has 0 spiro atoms. The number of fused-ring (bicyclic) bond motifs is 3. The summed E-state index contributed by atoms with van der Waals surface area (Å²) >= 11 is 0. The molecule has 2 amide bonds. The number of nitrogens with one attached hydrogen (secondary N) is 1. The maximum atomic E-state index is 13.3. The monoisotopic (exact) mass is 391 g/mol. The fourth-order valence-corrected chi connectivity index (χ4v) is 6.35. The molecule has 4 rings (SSSR count). The molecule has 1 aromatic carbocycles. The lowest BCUT2D eigenvalue weighted by atomic mass is 9.93. The minimum Gasteiger partial charge on any atom is -0.331 e. The van der Waals surface area contributed by atoms with Gasteiger partial charge in [-0.2, -0.15) is 0 Å². The van der Waals surface area contributed by atoms with E-state index in [0.717, 1.165) is 43.1 Å². The molecule has 0 radical (unpaired) electrons. The maximum Gasteiger partial charge on any atom is 0.269 e. The number of hydrogen-bond acceptors (Lipinski definition) is 5. The summed E-state index contributed by atoms with van der Waals surface area (Å²) < 4.78 is 26.5. The van der Waals surface area contributed by atoms with Crippen LogP contribution in [0.5, 0.6) is 0 Å². The van der Waals surface area contributed by atoms with Crippen molar-refractivity contribution in [3.05, 3.63) is 29.3 Å². The van der Waals surface area contributed by atoms with Gasteiger partial charge in [-0.05, 0) is 64.3 Å². The van der Waals surface area contributed by atoms with Crippen LogP contribution in [0, 0.1) is 0 Å². The van der Waals surface area contributed by atoms with Crippen LogP contribution in [-0.2, 0) is 10.0 Å². The molecule has 1 aromatic rings. The summed E-state index contributed by atoms with van der Waals surface area (Å²) in [7, 11) is -3.91. The SMILES string of the molecule is CC(C)N1C(=O)c2ccc(C(=O)N3C4CCCC3CNCC4)cc2S1(=O)=O. The Bertz CT molecular complexity index is 882. The number of rotatable bonds is 2. The lowest BCUT2D eigenvalue weighted by Crippen LogP contribution is -2.51. The van der Waals surface area contributed by atoms with Crippen LogP contribution in [-0.4, -0.2) is 60.7 Å². The molecule has 3 aliphatic heterocycles. The van der Waals surface area contributed by atoms with E-state index in [4.69, 9.17) is 0 Å². The molecule has 2 bridgehead atoms. The Labute approximate surface area is 159 Å². The van der Waals surface area contributed by atoms with Crippen LogP contribution in [0.1, 0.15) is 60.2 Å². The Morgan fingerprint density at radius 3 is 2.67 bits per heavy atom. The summed E-state index contributed by atoms with van der Waals surface area (Å²) in [5.41, 5.74) is 0.493. The minimum atomic E-state index is -3.91. The first kappa shape index (κ1) is 18.4. The zero-order valence-corrected chi connectivity index (χ0v) is 16.5. The van der Waals surface area contributed by atoms with E-state index in [-0.39, 0.29) is 28.4 Å². The van der Waals surface area contributed by atoms with Gasteiger partial charge in [-0.3, -0.25) is 9.59 Å². The van der Waals surface area contributed by atoms with Crippen molar-refractivity contribution in [2.24, 2.45) is 0 Å². The molecule has 2 unspecified atom stereocenters. The lowest BCUT2D eigenvalue weighted by Gasteiger charge is -2.40. The number of sulfonamides is 1. The van der Waals surface area contributed by atoms with Gasteiger partial charge in [0.1, 0.15) is 4.90 Å². The minimum absolute atomic E-state index is 0.0508. The first-order valence-corrected chi connectivity index (χ1v) is 11.0. The van der Waals surface area contributed by atoms with Crippen LogP contribution >= 0.6 is 0 Å². The lowest BCUT2D eigenvalue weighted by molar-refractivity contribution is 0.0481. The first-order chi connectivity index (χ1) is 12.8. The van der Waals surface area contributed by atoms with E-state index in [1.165, 1.54) is 12.1 Å². The third kappa shape index (κ3) is 2.86. The van der Waals surface area contributed by atoms with Crippen LogP contribution < -0.4 is 5.32 Å². The van der Waals surface area contributed by atoms with Gasteiger partial charge in [0.25, 0.3) is 21.8 Å². The number of hydrogen-bond donors (Lipinski definition) is 1. The van der Waals surface area contributed by atoms with Crippen molar-refractivity contribution in [3.63, 3.8) is 0 Å². The van der Waals surface area contributed by atoms with E-state index in [1.807, 2.05) is 4.90 Å². The van der Waals surface area contributed by atoms with Crippen molar-refractivity contribution >= 4 is 21.8 Å². The summed E-state index contributed by atoms with van der Waals surface area (Å²) in [6, 6.07) is 4.32. The highest BCUT2D eigenvalue weighted by Crippen LogP contribution is 2.34. The van der Waals surface area contributed by atoms with Crippen molar-refractivity contribution < 1.29 is 18.0 Å². The van der Waals surface area contributed by atoms with Crippen molar-refractivity contribution in [2.75, 3.05) is 13.1 Å². The number of amides is 2. The van der Waals surface area contributed by atoms with Crippen LogP contribution in [0.4, 0.5) is 0 Å². The Morgan fingerprint density at radius 2 is 1.93 bits per heavy atom. The molecular formula is C19H25N3O4S. The molecular weight excluding hydrogens is 366 g/mol. The third-order valence-electron chi connectivity index (χ3n) is 5.80. The predicted molar refractivity (Wildman–Crippen MR) is 100 cm³/mol. The molecule has 2 fully saturated rings. The van der Waals surface area contributed by atoms with E-state index >= 15 is 0 Å². The summed E-state index contributed by atoms with van der Waals surface area (Å²) in [4.78, 5) is 27.7. The van der Waals surface area contributed by atoms with Gasteiger partial charge in [-0.25, -0.2) is 12.7 Å². The zero-order chi connectivity index (χ0) is 19.3. The molecule has 3 heterocycles. The van der Waals surface area contributed by atoms with Gasteiger partial charge in [0.05, 0.1) is 5.56 Å². The van der Waals surface area contributed by atoms with Crippen molar-refractivity contribution in [2.45, 2.75) is 62.6 Å². The van der Waals surface area contributed by atoms with Gasteiger partial charge >= 0.3 is 0 Å². The van der Waals surface area contributed by atoms with Crippen molar-refractivity contribution in [3.8, 4) is 0 Å². The van der Waals surface area contributed by atoms with Crippen LogP contribution in [0.2, 0.25) is 0 Å². The standard InChI is InChI=1S/C19H25N3O4S/c1-12(2)22-19(24)16-7-6-13(10-17(16)27(22,25)26)18(23)21-14-4-3-5-15(21)11-20-9-8-14/h6-7,10,12,14-15,20H,3-5,8-9,11H2,1-2H3. The highest BCUT2D eigenvalue weighted by Gasteiger charge is 2.43. The molecule has 2 saturated heterocycles. The van der Waals surface area contributed by atoms with Crippen LogP contribution in [0.15, 0.2) is 23.1 Å². The van der Waals surface area contributed by atoms with E-state index in [9.17, 15) is 18.0 Å². The Hall–Kier alpha value is -1.93. The fraction of sp³-hybridized carbons (Fsp3) is 0.579. The van der Waals surface area contributed by atoms with Crippen LogP contribution in [0.3, 0.4) is 0 Å². The van der Waals surface area contributed by atoms with Crippen molar-refractivity contribution in [1.29, 1.82) is 0 Å². The largest absolute Gasteiger partial charge is 0.331 e. The molecule has 8 heteroatoms. The highest BCUT2D eigenvalue weighted by molar-refractivity contribution is 7.90. The maximum absolute atomic E-state index is 13.3. The number of benzene rings is 1. The number of carbonyl (C=O) groups excluding carboxylic acids is 2. The number of nitrogens with zero attached hydrogens (tertiary/aromatic N) is 2. The first-order valence-electron chi connectivity index (χ1n) is 9.58. The number of carbonyl (C=O) groups is 2. The van der Waals surface area contributed by atoms with Gasteiger partial charge in [0.15, 0.2) is 0 Å². The summed E-state index contributed by atoms with van der Waals surface area (Å²) in [5, 5.41) is 3.39. The summed E-state index contributed by atoms with van der Waals surface area (Å²) in [6.45, 7) is 4.99. The Morgan fingerprint density at radius 1 is 1.19 bits per heavy atom. The quantitative estimate of drug-likeness (QED) is 0.827. The van der Waals surface area contributed by atoms with Gasteiger partial charge in [-0.1, -0.05) is 0 Å². The third-order valence-corrected chi connectivity index (χ3v) is 7.79. The highest BCUT2D eigenvalue weighted by atomic mass is 32.2. The number of piperidine rings is 1. The van der Waals surface area contributed by atoms with Crippen LogP contribution in [0.25, 0.3) is 0 Å². The van der Waals surface area contributed by atoms with E-state index in [1.54, 1.807) is 19.9 Å². The molecule has 0 saturated carbocycles. The second-order valence-electron chi connectivity index (χ2n) is 7.85. The molecule has 0 aromatic heterocycles.